The summed E-state index contributed by atoms with van der Waals surface area (Å²) in [4.78, 5) is 32.1. The summed E-state index contributed by atoms with van der Waals surface area (Å²) in [6.07, 6.45) is 1.81. The van der Waals surface area contributed by atoms with Gasteiger partial charge in [0, 0.05) is 50.8 Å². The highest BCUT2D eigenvalue weighted by atomic mass is 16.2. The maximum absolute atomic E-state index is 11.9. The Labute approximate surface area is 195 Å². The van der Waals surface area contributed by atoms with Crippen LogP contribution in [0.5, 0.6) is 0 Å². The number of carbonyl (C=O) groups excluding carboxylic acids is 2. The third-order valence-electron chi connectivity index (χ3n) is 6.36. The van der Waals surface area contributed by atoms with Gasteiger partial charge in [-0.3, -0.25) is 19.5 Å². The summed E-state index contributed by atoms with van der Waals surface area (Å²) in [5, 5.41) is 0. The van der Waals surface area contributed by atoms with E-state index in [4.69, 9.17) is 5.73 Å². The molecule has 0 saturated carbocycles. The third kappa shape index (κ3) is 5.46. The molecule has 1 aliphatic heterocycles. The van der Waals surface area contributed by atoms with Gasteiger partial charge in [0.15, 0.2) is 0 Å². The largest absolute Gasteiger partial charge is 0.369 e. The molecular weight excluding hydrogens is 412 g/mol. The minimum Gasteiger partial charge on any atom is -0.369 e. The van der Waals surface area contributed by atoms with E-state index in [2.05, 4.69) is 65.5 Å². The minimum absolute atomic E-state index is 0.0185. The van der Waals surface area contributed by atoms with Crippen LogP contribution in [-0.2, 0) is 22.7 Å². The number of hydrogen-bond donors (Lipinski definition) is 1. The van der Waals surface area contributed by atoms with Crippen molar-refractivity contribution < 1.29 is 9.59 Å². The first-order valence-electron chi connectivity index (χ1n) is 11.2. The van der Waals surface area contributed by atoms with Crippen LogP contribution in [0.4, 0.5) is 0 Å². The van der Waals surface area contributed by atoms with Crippen molar-refractivity contribution in [3.8, 4) is 11.3 Å². The number of likely N-dealkylation sites (tertiary alicyclic amines) is 1. The van der Waals surface area contributed by atoms with Gasteiger partial charge < -0.3 is 10.6 Å². The lowest BCUT2D eigenvalue weighted by Gasteiger charge is -2.19. The van der Waals surface area contributed by atoms with Gasteiger partial charge in [-0.05, 0) is 35.9 Å². The van der Waals surface area contributed by atoms with Crippen molar-refractivity contribution in [1.82, 2.24) is 14.8 Å². The van der Waals surface area contributed by atoms with Crippen LogP contribution in [0.25, 0.3) is 11.3 Å². The molecule has 4 rings (SSSR count). The summed E-state index contributed by atoms with van der Waals surface area (Å²) >= 11 is 0. The fraction of sp³-hybridized carbons (Fsp3) is 0.296. The highest BCUT2D eigenvalue weighted by Crippen LogP contribution is 2.33. The summed E-state index contributed by atoms with van der Waals surface area (Å²) < 4.78 is 0. The maximum atomic E-state index is 11.9. The summed E-state index contributed by atoms with van der Waals surface area (Å²) in [7, 11) is 2.10. The van der Waals surface area contributed by atoms with Crippen LogP contribution in [0.3, 0.4) is 0 Å². The molecule has 170 valence electrons. The molecule has 0 spiro atoms. The highest BCUT2D eigenvalue weighted by molar-refractivity contribution is 5.81. The van der Waals surface area contributed by atoms with Crippen molar-refractivity contribution >= 4 is 11.8 Å². The molecule has 6 nitrogen and oxygen atoms in total. The van der Waals surface area contributed by atoms with E-state index in [1.807, 2.05) is 24.4 Å². The van der Waals surface area contributed by atoms with Crippen LogP contribution >= 0.6 is 0 Å². The smallest absolute Gasteiger partial charge is 0.223 e. The molecule has 2 amide bonds. The Morgan fingerprint density at radius 2 is 1.61 bits per heavy atom. The van der Waals surface area contributed by atoms with Crippen LogP contribution in [0.15, 0.2) is 72.9 Å². The van der Waals surface area contributed by atoms with Crippen LogP contribution < -0.4 is 5.73 Å². The third-order valence-corrected chi connectivity index (χ3v) is 6.36. The Hall–Kier alpha value is -3.51. The topological polar surface area (TPSA) is 79.5 Å². The van der Waals surface area contributed by atoms with Crippen molar-refractivity contribution in [2.45, 2.75) is 25.9 Å². The first-order valence-corrected chi connectivity index (χ1v) is 11.2. The van der Waals surface area contributed by atoms with E-state index in [1.54, 1.807) is 4.90 Å². The van der Waals surface area contributed by atoms with E-state index in [9.17, 15) is 9.59 Å². The lowest BCUT2D eigenvalue weighted by molar-refractivity contribution is -0.128. The number of pyridine rings is 1. The Morgan fingerprint density at radius 3 is 2.15 bits per heavy atom. The number of carbonyl (C=O) groups is 2. The number of rotatable bonds is 7. The van der Waals surface area contributed by atoms with E-state index in [1.165, 1.54) is 18.1 Å². The van der Waals surface area contributed by atoms with E-state index in [0.717, 1.165) is 29.9 Å². The molecule has 0 aliphatic carbocycles. The van der Waals surface area contributed by atoms with Crippen molar-refractivity contribution in [3.63, 3.8) is 0 Å². The molecule has 3 aromatic rings. The van der Waals surface area contributed by atoms with Gasteiger partial charge in [-0.1, -0.05) is 54.6 Å². The summed E-state index contributed by atoms with van der Waals surface area (Å²) in [6, 6.07) is 22.8. The Balaban J connectivity index is 1.37. The highest BCUT2D eigenvalue weighted by Gasteiger charge is 2.38. The molecular formula is C27H30N4O2. The predicted octanol–water partition coefficient (Wildman–Crippen LogP) is 3.43. The lowest BCUT2D eigenvalue weighted by atomic mass is 9.88. The summed E-state index contributed by atoms with van der Waals surface area (Å²) in [6.45, 7) is 4.12. The van der Waals surface area contributed by atoms with Gasteiger partial charge in [0.05, 0.1) is 11.6 Å². The Morgan fingerprint density at radius 1 is 0.970 bits per heavy atom. The molecule has 1 aromatic heterocycles. The van der Waals surface area contributed by atoms with Crippen LogP contribution in [0.1, 0.15) is 29.5 Å². The first-order chi connectivity index (χ1) is 15.9. The van der Waals surface area contributed by atoms with Gasteiger partial charge in [0.25, 0.3) is 0 Å². The van der Waals surface area contributed by atoms with Crippen LogP contribution in [-0.4, -0.2) is 46.7 Å². The quantitative estimate of drug-likeness (QED) is 0.608. The van der Waals surface area contributed by atoms with E-state index < -0.39 is 0 Å². The van der Waals surface area contributed by atoms with E-state index in [0.29, 0.717) is 13.1 Å². The van der Waals surface area contributed by atoms with Crippen molar-refractivity contribution in [2.24, 2.45) is 11.7 Å². The second kappa shape index (κ2) is 9.96. The van der Waals surface area contributed by atoms with Gasteiger partial charge in [-0.15, -0.1) is 0 Å². The van der Waals surface area contributed by atoms with E-state index >= 15 is 0 Å². The zero-order valence-corrected chi connectivity index (χ0v) is 19.1. The van der Waals surface area contributed by atoms with Gasteiger partial charge in [0.2, 0.25) is 11.8 Å². The Bertz CT molecular complexity index is 1100. The lowest BCUT2D eigenvalue weighted by Crippen LogP contribution is -2.30. The molecule has 2 atom stereocenters. The minimum atomic E-state index is -0.346. The molecule has 33 heavy (non-hydrogen) atoms. The fourth-order valence-corrected chi connectivity index (χ4v) is 4.55. The second-order valence-electron chi connectivity index (χ2n) is 8.87. The summed E-state index contributed by atoms with van der Waals surface area (Å²) in [5.41, 5.74) is 11.2. The van der Waals surface area contributed by atoms with Crippen molar-refractivity contribution in [3.05, 3.63) is 89.6 Å². The fourth-order valence-electron chi connectivity index (χ4n) is 4.55. The van der Waals surface area contributed by atoms with Gasteiger partial charge in [0.1, 0.15) is 0 Å². The monoisotopic (exact) mass is 442 g/mol. The van der Waals surface area contributed by atoms with Gasteiger partial charge in [-0.2, -0.15) is 0 Å². The SMILES string of the molecule is CC(=O)N1C[C@H](C(N)=O)[C@@H](c2ccc(CN(C)Cc3ccc(-c4ccccn4)cc3)cc2)C1. The maximum Gasteiger partial charge on any atom is 0.223 e. The molecule has 1 saturated heterocycles. The molecule has 1 aliphatic rings. The zero-order valence-electron chi connectivity index (χ0n) is 19.1. The average molecular weight is 443 g/mol. The molecule has 2 N–H and O–H groups in total. The molecule has 2 heterocycles. The number of nitrogens with two attached hydrogens (primary N) is 1. The molecule has 0 unspecified atom stereocenters. The molecule has 6 heteroatoms. The average Bonchev–Trinajstić information content (AvgIpc) is 3.27. The van der Waals surface area contributed by atoms with Crippen molar-refractivity contribution in [1.29, 1.82) is 0 Å². The number of benzene rings is 2. The number of nitrogens with zero attached hydrogens (tertiary/aromatic N) is 3. The summed E-state index contributed by atoms with van der Waals surface area (Å²) in [5.74, 6) is -0.746. The molecule has 0 bridgehead atoms. The molecule has 1 fully saturated rings. The van der Waals surface area contributed by atoms with Gasteiger partial charge in [-0.25, -0.2) is 0 Å². The first kappa shape index (κ1) is 22.7. The number of hydrogen-bond acceptors (Lipinski definition) is 4. The van der Waals surface area contributed by atoms with Crippen LogP contribution in [0.2, 0.25) is 0 Å². The molecule has 2 aromatic carbocycles. The Kier molecular flexibility index (Phi) is 6.84. The normalized spacial score (nSPS) is 18.0. The zero-order chi connectivity index (χ0) is 23.4. The number of primary amides is 1. The van der Waals surface area contributed by atoms with E-state index in [-0.39, 0.29) is 23.7 Å². The van der Waals surface area contributed by atoms with Crippen molar-refractivity contribution in [2.75, 3.05) is 20.1 Å². The van der Waals surface area contributed by atoms with Crippen LogP contribution in [0, 0.1) is 5.92 Å². The standard InChI is InChI=1S/C27H30N4O2/c1-19(32)31-17-24(25(18-31)27(28)33)22-10-6-20(7-11-22)15-30(2)16-21-8-12-23(13-9-21)26-5-3-4-14-29-26/h3-14,24-25H,15-18H2,1-2H3,(H2,28,33)/t24-,25+/m1/s1. The second-order valence-corrected chi connectivity index (χ2v) is 8.87. The number of aromatic nitrogens is 1. The number of amides is 2. The van der Waals surface area contributed by atoms with Gasteiger partial charge >= 0.3 is 0 Å². The predicted molar refractivity (Wildman–Crippen MR) is 129 cm³/mol. The molecule has 0 radical (unpaired) electrons.